The second-order valence-electron chi connectivity index (χ2n) is 3.53. The van der Waals surface area contributed by atoms with Crippen molar-refractivity contribution in [1.29, 1.82) is 0 Å². The fourth-order valence-electron chi connectivity index (χ4n) is 1.28. The van der Waals surface area contributed by atoms with Gasteiger partial charge in [-0.1, -0.05) is 0 Å². The first-order valence-corrected chi connectivity index (χ1v) is 5.60. The van der Waals surface area contributed by atoms with Gasteiger partial charge in [0, 0.05) is 6.54 Å². The number of carbonyl (C=O) groups is 1. The maximum absolute atomic E-state index is 11.3. The van der Waals surface area contributed by atoms with Gasteiger partial charge in [-0.2, -0.15) is 0 Å². The van der Waals surface area contributed by atoms with Crippen molar-refractivity contribution in [3.8, 4) is 5.75 Å². The summed E-state index contributed by atoms with van der Waals surface area (Å²) >= 11 is 0. The quantitative estimate of drug-likeness (QED) is 0.753. The van der Waals surface area contributed by atoms with Crippen molar-refractivity contribution >= 4 is 5.97 Å². The third-order valence-electron chi connectivity index (χ3n) is 2.09. The summed E-state index contributed by atoms with van der Waals surface area (Å²) < 4.78 is 10.2. The van der Waals surface area contributed by atoms with Crippen LogP contribution in [-0.2, 0) is 16.1 Å². The molecule has 0 spiro atoms. The lowest BCUT2D eigenvalue weighted by Gasteiger charge is -2.13. The molecule has 1 rings (SSSR count). The van der Waals surface area contributed by atoms with Gasteiger partial charge in [-0.3, -0.25) is 4.98 Å². The van der Waals surface area contributed by atoms with Crippen LogP contribution in [0.1, 0.15) is 19.5 Å². The number of hydrogen-bond acceptors (Lipinski definition) is 5. The van der Waals surface area contributed by atoms with E-state index < -0.39 is 6.10 Å². The van der Waals surface area contributed by atoms with Crippen molar-refractivity contribution in [2.75, 3.05) is 13.7 Å². The molecular formula is C12H18N2O3. The standard InChI is InChI=1S/C12H18N2O3/c1-4-16-12(15)9(2)17-11-6-5-10(7-13-3)14-8-11/h5-6,8-9,13H,4,7H2,1-3H3. The van der Waals surface area contributed by atoms with Crippen molar-refractivity contribution in [3.05, 3.63) is 24.0 Å². The molecule has 0 radical (unpaired) electrons. The summed E-state index contributed by atoms with van der Waals surface area (Å²) in [7, 11) is 1.86. The number of esters is 1. The number of aromatic nitrogens is 1. The number of hydrogen-bond donors (Lipinski definition) is 1. The Hall–Kier alpha value is -1.62. The van der Waals surface area contributed by atoms with E-state index in [-0.39, 0.29) is 5.97 Å². The van der Waals surface area contributed by atoms with E-state index in [1.807, 2.05) is 13.1 Å². The Labute approximate surface area is 101 Å². The minimum atomic E-state index is -0.619. The van der Waals surface area contributed by atoms with E-state index in [1.54, 1.807) is 26.1 Å². The maximum Gasteiger partial charge on any atom is 0.347 e. The zero-order valence-corrected chi connectivity index (χ0v) is 10.4. The number of ether oxygens (including phenoxy) is 2. The molecular weight excluding hydrogens is 220 g/mol. The summed E-state index contributed by atoms with van der Waals surface area (Å²) in [6.45, 7) is 4.47. The number of rotatable bonds is 6. The minimum Gasteiger partial charge on any atom is -0.477 e. The molecule has 1 unspecified atom stereocenters. The minimum absolute atomic E-state index is 0.353. The monoisotopic (exact) mass is 238 g/mol. The van der Waals surface area contributed by atoms with Gasteiger partial charge in [-0.15, -0.1) is 0 Å². The normalized spacial score (nSPS) is 11.9. The molecule has 0 aliphatic heterocycles. The van der Waals surface area contributed by atoms with Crippen molar-refractivity contribution in [2.45, 2.75) is 26.5 Å². The Bertz CT molecular complexity index is 351. The van der Waals surface area contributed by atoms with E-state index in [9.17, 15) is 4.79 Å². The van der Waals surface area contributed by atoms with Crippen LogP contribution in [0.15, 0.2) is 18.3 Å². The van der Waals surface area contributed by atoms with Crippen LogP contribution in [0.3, 0.4) is 0 Å². The molecule has 0 saturated heterocycles. The van der Waals surface area contributed by atoms with Crippen molar-refractivity contribution in [3.63, 3.8) is 0 Å². The smallest absolute Gasteiger partial charge is 0.347 e. The number of nitrogens with zero attached hydrogens (tertiary/aromatic N) is 1. The van der Waals surface area contributed by atoms with Gasteiger partial charge in [-0.25, -0.2) is 4.79 Å². The van der Waals surface area contributed by atoms with Crippen LogP contribution in [-0.4, -0.2) is 30.7 Å². The second-order valence-corrected chi connectivity index (χ2v) is 3.53. The lowest BCUT2D eigenvalue weighted by atomic mass is 10.3. The predicted octanol–water partition coefficient (Wildman–Crippen LogP) is 1.13. The Kier molecular flexibility index (Phi) is 5.42. The first-order valence-electron chi connectivity index (χ1n) is 5.60. The molecule has 1 atom stereocenters. The molecule has 5 heteroatoms. The van der Waals surface area contributed by atoms with Gasteiger partial charge in [0.1, 0.15) is 5.75 Å². The van der Waals surface area contributed by atoms with Gasteiger partial charge >= 0.3 is 5.97 Å². The Morgan fingerprint density at radius 1 is 1.53 bits per heavy atom. The molecule has 0 aliphatic carbocycles. The third-order valence-corrected chi connectivity index (χ3v) is 2.09. The summed E-state index contributed by atoms with van der Waals surface area (Å²) in [6.07, 6.45) is 0.981. The molecule has 1 aromatic rings. The van der Waals surface area contributed by atoms with Crippen LogP contribution in [0.2, 0.25) is 0 Å². The van der Waals surface area contributed by atoms with Gasteiger partial charge in [0.15, 0.2) is 6.10 Å². The van der Waals surface area contributed by atoms with E-state index >= 15 is 0 Å². The zero-order valence-electron chi connectivity index (χ0n) is 10.4. The van der Waals surface area contributed by atoms with E-state index in [0.717, 1.165) is 5.69 Å². The highest BCUT2D eigenvalue weighted by Gasteiger charge is 2.15. The summed E-state index contributed by atoms with van der Waals surface area (Å²) in [4.78, 5) is 15.5. The highest BCUT2D eigenvalue weighted by molar-refractivity contribution is 5.74. The van der Waals surface area contributed by atoms with Crippen LogP contribution >= 0.6 is 0 Å². The molecule has 0 aromatic carbocycles. The Morgan fingerprint density at radius 3 is 2.82 bits per heavy atom. The van der Waals surface area contributed by atoms with Gasteiger partial charge < -0.3 is 14.8 Å². The molecule has 17 heavy (non-hydrogen) atoms. The highest BCUT2D eigenvalue weighted by atomic mass is 16.6. The molecule has 0 amide bonds. The van der Waals surface area contributed by atoms with Crippen LogP contribution in [0.5, 0.6) is 5.75 Å². The molecule has 0 saturated carbocycles. The molecule has 0 aliphatic rings. The lowest BCUT2D eigenvalue weighted by Crippen LogP contribution is -2.26. The maximum atomic E-state index is 11.3. The van der Waals surface area contributed by atoms with Crippen molar-refractivity contribution in [2.24, 2.45) is 0 Å². The third kappa shape index (κ3) is 4.40. The predicted molar refractivity (Wildman–Crippen MR) is 63.7 cm³/mol. The van der Waals surface area contributed by atoms with E-state index in [4.69, 9.17) is 9.47 Å². The molecule has 5 nitrogen and oxygen atoms in total. The highest BCUT2D eigenvalue weighted by Crippen LogP contribution is 2.11. The molecule has 0 bridgehead atoms. The van der Waals surface area contributed by atoms with Gasteiger partial charge in [0.2, 0.25) is 0 Å². The summed E-state index contributed by atoms with van der Waals surface area (Å²) in [5.41, 5.74) is 0.920. The van der Waals surface area contributed by atoms with Gasteiger partial charge in [0.25, 0.3) is 0 Å². The summed E-state index contributed by atoms with van der Waals surface area (Å²) in [6, 6.07) is 3.64. The molecule has 94 valence electrons. The van der Waals surface area contributed by atoms with Crippen LogP contribution in [0.4, 0.5) is 0 Å². The van der Waals surface area contributed by atoms with Crippen LogP contribution in [0.25, 0.3) is 0 Å². The molecule has 1 heterocycles. The molecule has 1 aromatic heterocycles. The van der Waals surface area contributed by atoms with E-state index in [1.165, 1.54) is 0 Å². The number of nitrogens with one attached hydrogen (secondary N) is 1. The first-order chi connectivity index (χ1) is 8.17. The van der Waals surface area contributed by atoms with Gasteiger partial charge in [-0.05, 0) is 33.0 Å². The zero-order chi connectivity index (χ0) is 12.7. The second kappa shape index (κ2) is 6.85. The average molecular weight is 238 g/mol. The van der Waals surface area contributed by atoms with Crippen LogP contribution in [0, 0.1) is 0 Å². The SMILES string of the molecule is CCOC(=O)C(C)Oc1ccc(CNC)nc1. The number of carbonyl (C=O) groups excluding carboxylic acids is 1. The first kappa shape index (κ1) is 13.4. The van der Waals surface area contributed by atoms with Gasteiger partial charge in [0.05, 0.1) is 18.5 Å². The molecule has 0 fully saturated rings. The average Bonchev–Trinajstić information content (AvgIpc) is 2.32. The van der Waals surface area contributed by atoms with E-state index in [0.29, 0.717) is 18.9 Å². The van der Waals surface area contributed by atoms with Crippen molar-refractivity contribution in [1.82, 2.24) is 10.3 Å². The topological polar surface area (TPSA) is 60.5 Å². The van der Waals surface area contributed by atoms with Crippen molar-refractivity contribution < 1.29 is 14.3 Å². The van der Waals surface area contributed by atoms with Crippen LogP contribution < -0.4 is 10.1 Å². The Balaban J connectivity index is 2.53. The summed E-state index contributed by atoms with van der Waals surface area (Å²) in [5, 5.41) is 3.00. The fourth-order valence-corrected chi connectivity index (χ4v) is 1.28. The molecule has 1 N–H and O–H groups in total. The summed E-state index contributed by atoms with van der Waals surface area (Å²) in [5.74, 6) is 0.192. The largest absolute Gasteiger partial charge is 0.477 e. The fraction of sp³-hybridized carbons (Fsp3) is 0.500. The lowest BCUT2D eigenvalue weighted by molar-refractivity contribution is -0.150. The Morgan fingerprint density at radius 2 is 2.29 bits per heavy atom. The van der Waals surface area contributed by atoms with E-state index in [2.05, 4.69) is 10.3 Å². The number of pyridine rings is 1.